The number of hydrogen-bond donors (Lipinski definition) is 1. The van der Waals surface area contributed by atoms with Crippen LogP contribution < -0.4 is 0 Å². The van der Waals surface area contributed by atoms with Gasteiger partial charge < -0.3 is 14.6 Å². The minimum absolute atomic E-state index is 0.0307. The fourth-order valence-corrected chi connectivity index (χ4v) is 8.51. The van der Waals surface area contributed by atoms with Crippen molar-refractivity contribution in [3.63, 3.8) is 0 Å². The molecular formula is C32H41N3O3. The summed E-state index contributed by atoms with van der Waals surface area (Å²) in [6.45, 7) is 8.52. The molecule has 1 spiro atoms. The number of benzene rings is 1. The number of rotatable bonds is 2. The van der Waals surface area contributed by atoms with Crippen molar-refractivity contribution in [1.29, 1.82) is 0 Å². The molecule has 1 aromatic carbocycles. The second-order valence-corrected chi connectivity index (χ2v) is 13.5. The van der Waals surface area contributed by atoms with Gasteiger partial charge in [0.15, 0.2) is 5.79 Å². The van der Waals surface area contributed by atoms with Crippen LogP contribution in [0.15, 0.2) is 40.5 Å². The molecular weight excluding hydrogens is 474 g/mol. The van der Waals surface area contributed by atoms with E-state index < -0.39 is 5.79 Å². The zero-order valence-electron chi connectivity index (χ0n) is 23.1. The van der Waals surface area contributed by atoms with Gasteiger partial charge in [-0.2, -0.15) is 0 Å². The van der Waals surface area contributed by atoms with E-state index in [1.54, 1.807) is 11.1 Å². The first kappa shape index (κ1) is 26.0. The molecule has 0 bridgehead atoms. The Bertz CT molecular complexity index is 1210. The zero-order chi connectivity index (χ0) is 26.5. The Hall–Kier alpha value is -2.29. The molecule has 0 aromatic heterocycles. The lowest BCUT2D eigenvalue weighted by Gasteiger charge is -2.55. The Kier molecular flexibility index (Phi) is 6.64. The highest BCUT2D eigenvalue weighted by molar-refractivity contribution is 5.44. The summed E-state index contributed by atoms with van der Waals surface area (Å²) in [5.74, 6) is 7.61. The van der Waals surface area contributed by atoms with Crippen LogP contribution in [0.3, 0.4) is 0 Å². The van der Waals surface area contributed by atoms with Gasteiger partial charge in [0.1, 0.15) is 0 Å². The van der Waals surface area contributed by atoms with E-state index in [2.05, 4.69) is 66.9 Å². The Morgan fingerprint density at radius 1 is 1.05 bits per heavy atom. The smallest absolute Gasteiger partial charge is 0.169 e. The van der Waals surface area contributed by atoms with E-state index >= 15 is 0 Å². The lowest BCUT2D eigenvalue weighted by molar-refractivity contribution is -0.312. The number of aliphatic hydroxyl groups excluding tert-OH is 1. The average Bonchev–Trinajstić information content (AvgIpc) is 3.22. The molecule has 202 valence electrons. The first-order chi connectivity index (χ1) is 18.2. The predicted molar refractivity (Wildman–Crippen MR) is 147 cm³/mol. The fourth-order valence-electron chi connectivity index (χ4n) is 8.51. The highest BCUT2D eigenvalue weighted by Gasteiger charge is 2.57. The molecule has 0 radical (unpaired) electrons. The van der Waals surface area contributed by atoms with Crippen LogP contribution in [0.5, 0.6) is 0 Å². The number of ether oxygens (including phenoxy) is 2. The minimum atomic E-state index is -0.408. The van der Waals surface area contributed by atoms with Gasteiger partial charge in [-0.25, -0.2) is 0 Å². The highest BCUT2D eigenvalue weighted by Crippen LogP contribution is 2.64. The van der Waals surface area contributed by atoms with E-state index in [0.29, 0.717) is 23.7 Å². The van der Waals surface area contributed by atoms with Crippen LogP contribution in [0.1, 0.15) is 89.2 Å². The monoisotopic (exact) mass is 515 g/mol. The first-order valence-electron chi connectivity index (χ1n) is 14.5. The third kappa shape index (κ3) is 4.48. The van der Waals surface area contributed by atoms with Gasteiger partial charge in [0.05, 0.1) is 25.9 Å². The standard InChI is InChI=1S/C32H41N3O3/c1-30(2)19-37-32(38-20-30)15-14-24-23(17-32)10-11-25-27-12-13-28(36)31(27,3)18-26(29(24)25)22-8-6-21(7-9-22)5-4-16-34-35-33/h6-9,23,25-28,36H,10-20H2,1-3H3/t23?,25?,26-,27?,28?,31+/m1/s1. The third-order valence-electron chi connectivity index (χ3n) is 10.5. The van der Waals surface area contributed by atoms with Gasteiger partial charge in [-0.1, -0.05) is 61.0 Å². The molecule has 1 heterocycles. The van der Waals surface area contributed by atoms with Crippen LogP contribution in [-0.2, 0) is 9.47 Å². The predicted octanol–water partition coefficient (Wildman–Crippen LogP) is 6.89. The van der Waals surface area contributed by atoms with E-state index in [0.717, 1.165) is 57.3 Å². The maximum Gasteiger partial charge on any atom is 0.169 e. The Balaban J connectivity index is 1.33. The van der Waals surface area contributed by atoms with Crippen molar-refractivity contribution in [2.75, 3.05) is 19.8 Å². The van der Waals surface area contributed by atoms with Crippen LogP contribution in [0.25, 0.3) is 10.4 Å². The second kappa shape index (κ2) is 9.72. The number of allylic oxidation sites excluding steroid dienone is 2. The zero-order valence-corrected chi connectivity index (χ0v) is 23.1. The molecule has 1 aliphatic heterocycles. The number of nitrogens with zero attached hydrogens (tertiary/aromatic N) is 3. The molecule has 38 heavy (non-hydrogen) atoms. The summed E-state index contributed by atoms with van der Waals surface area (Å²) >= 11 is 0. The van der Waals surface area contributed by atoms with E-state index in [1.165, 1.54) is 18.4 Å². The second-order valence-electron chi connectivity index (χ2n) is 13.5. The van der Waals surface area contributed by atoms with Crippen LogP contribution >= 0.6 is 0 Å². The number of azide groups is 1. The lowest BCUT2D eigenvalue weighted by Crippen LogP contribution is -2.52. The van der Waals surface area contributed by atoms with Crippen molar-refractivity contribution in [1.82, 2.24) is 0 Å². The van der Waals surface area contributed by atoms with Crippen molar-refractivity contribution in [3.8, 4) is 11.8 Å². The van der Waals surface area contributed by atoms with E-state index in [9.17, 15) is 5.11 Å². The molecule has 6 nitrogen and oxygen atoms in total. The molecule has 3 saturated carbocycles. The number of aliphatic hydroxyl groups is 1. The van der Waals surface area contributed by atoms with Crippen molar-refractivity contribution in [3.05, 3.63) is 57.0 Å². The van der Waals surface area contributed by atoms with Crippen LogP contribution in [0.4, 0.5) is 0 Å². The molecule has 1 N–H and O–H groups in total. The van der Waals surface area contributed by atoms with Gasteiger partial charge in [-0.3, -0.25) is 0 Å². The van der Waals surface area contributed by atoms with Gasteiger partial charge in [0, 0.05) is 34.6 Å². The molecule has 4 unspecified atom stereocenters. The quantitative estimate of drug-likeness (QED) is 0.153. The summed E-state index contributed by atoms with van der Waals surface area (Å²) in [5.41, 5.74) is 14.2. The van der Waals surface area contributed by atoms with Gasteiger partial charge in [-0.15, -0.1) is 0 Å². The minimum Gasteiger partial charge on any atom is -0.393 e. The summed E-state index contributed by atoms with van der Waals surface area (Å²) in [6, 6.07) is 8.67. The molecule has 1 aromatic rings. The lowest BCUT2D eigenvalue weighted by atomic mass is 9.52. The van der Waals surface area contributed by atoms with Gasteiger partial charge in [0.25, 0.3) is 0 Å². The Morgan fingerprint density at radius 3 is 2.55 bits per heavy atom. The Morgan fingerprint density at radius 2 is 1.82 bits per heavy atom. The van der Waals surface area contributed by atoms with Crippen molar-refractivity contribution < 1.29 is 14.6 Å². The molecule has 6 rings (SSSR count). The molecule has 6 heteroatoms. The fraction of sp³-hybridized carbons (Fsp3) is 0.688. The average molecular weight is 516 g/mol. The van der Waals surface area contributed by atoms with E-state index in [4.69, 9.17) is 15.0 Å². The van der Waals surface area contributed by atoms with Crippen molar-refractivity contribution in [2.45, 2.75) is 89.9 Å². The molecule has 1 saturated heterocycles. The summed E-state index contributed by atoms with van der Waals surface area (Å²) in [5, 5.41) is 14.7. The molecule has 6 atom stereocenters. The summed E-state index contributed by atoms with van der Waals surface area (Å²) in [6.07, 6.45) is 8.25. The number of fused-ring (bicyclic) bond motifs is 4. The van der Waals surface area contributed by atoms with Crippen molar-refractivity contribution in [2.24, 2.45) is 33.7 Å². The SMILES string of the molecule is CC1(C)COC2(CCC3=C4C(CCC3C2)C2CCC(O)[C@@]2(C)C[C@@H]4c2ccc(C#CCN=[N+]=[N-])cc2)OC1. The normalized spacial score (nSPS) is 36.8. The highest BCUT2D eigenvalue weighted by atomic mass is 16.7. The maximum absolute atomic E-state index is 11.2. The van der Waals surface area contributed by atoms with Crippen LogP contribution in [0, 0.1) is 40.4 Å². The topological polar surface area (TPSA) is 87.5 Å². The summed E-state index contributed by atoms with van der Waals surface area (Å²) < 4.78 is 12.9. The molecule has 5 aliphatic rings. The van der Waals surface area contributed by atoms with Gasteiger partial charge >= 0.3 is 0 Å². The van der Waals surface area contributed by atoms with Gasteiger partial charge in [0.2, 0.25) is 0 Å². The van der Waals surface area contributed by atoms with E-state index in [-0.39, 0.29) is 23.5 Å². The molecule has 0 amide bonds. The maximum atomic E-state index is 11.2. The molecule has 4 fully saturated rings. The van der Waals surface area contributed by atoms with Crippen LogP contribution in [0.2, 0.25) is 0 Å². The van der Waals surface area contributed by atoms with Crippen LogP contribution in [-0.4, -0.2) is 36.8 Å². The van der Waals surface area contributed by atoms with E-state index in [1.807, 2.05) is 0 Å². The van der Waals surface area contributed by atoms with Crippen molar-refractivity contribution >= 4 is 0 Å². The largest absolute Gasteiger partial charge is 0.393 e. The first-order valence-corrected chi connectivity index (χ1v) is 14.5. The number of hydrogen-bond acceptors (Lipinski definition) is 4. The third-order valence-corrected chi connectivity index (χ3v) is 10.5. The molecule has 4 aliphatic carbocycles. The summed E-state index contributed by atoms with van der Waals surface area (Å²) in [4.78, 5) is 2.77. The van der Waals surface area contributed by atoms with Gasteiger partial charge in [-0.05, 0) is 84.9 Å². The Labute approximate surface area is 226 Å². The summed E-state index contributed by atoms with van der Waals surface area (Å²) in [7, 11) is 0.